The molecule has 0 saturated heterocycles. The molecule has 0 fully saturated rings. The highest BCUT2D eigenvalue weighted by Gasteiger charge is 2.02. The number of aryl methyl sites for hydroxylation is 1. The number of rotatable bonds is 3. The quantitative estimate of drug-likeness (QED) is 0.477. The first-order chi connectivity index (χ1) is 6.13. The number of hydrogen-bond donors (Lipinski definition) is 3. The third-order valence-corrected chi connectivity index (χ3v) is 1.81. The Kier molecular flexibility index (Phi) is 2.87. The van der Waals surface area contributed by atoms with Gasteiger partial charge in [0.2, 0.25) is 0 Å². The monoisotopic (exact) mass is 180 g/mol. The lowest BCUT2D eigenvalue weighted by Crippen LogP contribution is -2.09. The summed E-state index contributed by atoms with van der Waals surface area (Å²) in [5, 5.41) is 8.55. The highest BCUT2D eigenvalue weighted by Crippen LogP contribution is 2.15. The molecule has 1 aromatic rings. The van der Waals surface area contributed by atoms with Crippen molar-refractivity contribution in [3.63, 3.8) is 0 Å². The van der Waals surface area contributed by atoms with E-state index in [0.717, 1.165) is 16.8 Å². The molecule has 70 valence electrons. The van der Waals surface area contributed by atoms with Crippen molar-refractivity contribution in [2.24, 2.45) is 5.84 Å². The number of carbonyl (C=O) groups is 1. The third kappa shape index (κ3) is 2.45. The average molecular weight is 180 g/mol. The Labute approximate surface area is 76.3 Å². The summed E-state index contributed by atoms with van der Waals surface area (Å²) in [5.41, 5.74) is 5.02. The predicted octanol–water partition coefficient (Wildman–Crippen LogP) is 0.908. The van der Waals surface area contributed by atoms with E-state index in [-0.39, 0.29) is 6.42 Å². The summed E-state index contributed by atoms with van der Waals surface area (Å²) < 4.78 is 0. The Bertz CT molecular complexity index is 323. The molecule has 0 heterocycles. The lowest BCUT2D eigenvalue weighted by Gasteiger charge is -2.06. The molecule has 4 nitrogen and oxygen atoms in total. The zero-order valence-corrected chi connectivity index (χ0v) is 7.37. The van der Waals surface area contributed by atoms with Gasteiger partial charge in [0.15, 0.2) is 0 Å². The van der Waals surface area contributed by atoms with Crippen molar-refractivity contribution in [3.8, 4) is 0 Å². The molecule has 0 atom stereocenters. The average Bonchev–Trinajstić information content (AvgIpc) is 2.07. The molecule has 0 saturated carbocycles. The van der Waals surface area contributed by atoms with Crippen LogP contribution in [0.15, 0.2) is 18.2 Å². The summed E-state index contributed by atoms with van der Waals surface area (Å²) in [4.78, 5) is 10.4. The zero-order valence-electron chi connectivity index (χ0n) is 7.37. The number of carboxylic acid groups (broad SMARTS) is 1. The SMILES string of the molecule is Cc1ccc(CC(=O)O)cc1NN. The molecule has 4 N–H and O–H groups in total. The van der Waals surface area contributed by atoms with E-state index in [4.69, 9.17) is 10.9 Å². The number of nitrogens with two attached hydrogens (primary N) is 1. The molecule has 0 spiro atoms. The number of benzene rings is 1. The molecule has 0 aliphatic rings. The number of aliphatic carboxylic acids is 1. The van der Waals surface area contributed by atoms with Gasteiger partial charge in [0.25, 0.3) is 0 Å². The number of nitrogen functional groups attached to an aromatic ring is 1. The van der Waals surface area contributed by atoms with Gasteiger partial charge in [-0.25, -0.2) is 0 Å². The van der Waals surface area contributed by atoms with E-state index in [1.165, 1.54) is 0 Å². The van der Waals surface area contributed by atoms with Gasteiger partial charge in [-0.15, -0.1) is 0 Å². The summed E-state index contributed by atoms with van der Waals surface area (Å²) in [6.07, 6.45) is 0.0228. The Balaban J connectivity index is 2.92. The number of hydrogen-bond acceptors (Lipinski definition) is 3. The smallest absolute Gasteiger partial charge is 0.307 e. The van der Waals surface area contributed by atoms with Gasteiger partial charge >= 0.3 is 5.97 Å². The lowest BCUT2D eigenvalue weighted by molar-refractivity contribution is -0.136. The van der Waals surface area contributed by atoms with Gasteiger partial charge < -0.3 is 10.5 Å². The highest BCUT2D eigenvalue weighted by atomic mass is 16.4. The van der Waals surface area contributed by atoms with Crippen LogP contribution in [0.4, 0.5) is 5.69 Å². The fourth-order valence-electron chi connectivity index (χ4n) is 1.11. The molecule has 0 radical (unpaired) electrons. The molecule has 1 aromatic carbocycles. The molecule has 13 heavy (non-hydrogen) atoms. The maximum atomic E-state index is 10.4. The number of carboxylic acids is 1. The van der Waals surface area contributed by atoms with Crippen LogP contribution in [-0.2, 0) is 11.2 Å². The third-order valence-electron chi connectivity index (χ3n) is 1.81. The summed E-state index contributed by atoms with van der Waals surface area (Å²) in [7, 11) is 0. The van der Waals surface area contributed by atoms with Crippen LogP contribution in [0.2, 0.25) is 0 Å². The van der Waals surface area contributed by atoms with Gasteiger partial charge in [-0.05, 0) is 24.1 Å². The van der Waals surface area contributed by atoms with Crippen LogP contribution in [-0.4, -0.2) is 11.1 Å². The van der Waals surface area contributed by atoms with E-state index >= 15 is 0 Å². The zero-order chi connectivity index (χ0) is 9.84. The molecule has 1 rings (SSSR count). The summed E-state index contributed by atoms with van der Waals surface area (Å²) in [5.74, 6) is 4.41. The molecule has 0 amide bonds. The molecular weight excluding hydrogens is 168 g/mol. The van der Waals surface area contributed by atoms with Crippen LogP contribution in [0.1, 0.15) is 11.1 Å². The van der Waals surface area contributed by atoms with Crippen LogP contribution in [0.5, 0.6) is 0 Å². The number of anilines is 1. The molecule has 0 aromatic heterocycles. The number of hydrazine groups is 1. The fraction of sp³-hybridized carbons (Fsp3) is 0.222. The van der Waals surface area contributed by atoms with Crippen molar-refractivity contribution in [2.45, 2.75) is 13.3 Å². The van der Waals surface area contributed by atoms with Gasteiger partial charge in [-0.1, -0.05) is 12.1 Å². The van der Waals surface area contributed by atoms with E-state index in [1.807, 2.05) is 13.0 Å². The van der Waals surface area contributed by atoms with Crippen molar-refractivity contribution in [3.05, 3.63) is 29.3 Å². The molecule has 0 aliphatic carbocycles. The Morgan fingerprint density at radius 3 is 2.85 bits per heavy atom. The predicted molar refractivity (Wildman–Crippen MR) is 50.3 cm³/mol. The first-order valence-corrected chi connectivity index (χ1v) is 3.91. The van der Waals surface area contributed by atoms with E-state index in [0.29, 0.717) is 0 Å². The fourth-order valence-corrected chi connectivity index (χ4v) is 1.11. The van der Waals surface area contributed by atoms with Crippen molar-refractivity contribution in [1.29, 1.82) is 0 Å². The second kappa shape index (κ2) is 3.91. The summed E-state index contributed by atoms with van der Waals surface area (Å²) in [6, 6.07) is 5.36. The van der Waals surface area contributed by atoms with Crippen LogP contribution < -0.4 is 11.3 Å². The van der Waals surface area contributed by atoms with Gasteiger partial charge in [-0.2, -0.15) is 0 Å². The molecule has 0 aliphatic heterocycles. The van der Waals surface area contributed by atoms with Gasteiger partial charge in [0.1, 0.15) is 0 Å². The van der Waals surface area contributed by atoms with Crippen molar-refractivity contribution in [1.82, 2.24) is 0 Å². The van der Waals surface area contributed by atoms with Crippen molar-refractivity contribution < 1.29 is 9.90 Å². The topological polar surface area (TPSA) is 75.3 Å². The minimum absolute atomic E-state index is 0.0228. The van der Waals surface area contributed by atoms with Crippen LogP contribution >= 0.6 is 0 Å². The van der Waals surface area contributed by atoms with Crippen LogP contribution in [0.3, 0.4) is 0 Å². The van der Waals surface area contributed by atoms with Crippen molar-refractivity contribution >= 4 is 11.7 Å². The van der Waals surface area contributed by atoms with E-state index in [9.17, 15) is 4.79 Å². The first kappa shape index (κ1) is 9.54. The molecule has 4 heteroatoms. The van der Waals surface area contributed by atoms with Crippen molar-refractivity contribution in [2.75, 3.05) is 5.43 Å². The first-order valence-electron chi connectivity index (χ1n) is 3.91. The molecular formula is C9H12N2O2. The minimum Gasteiger partial charge on any atom is -0.481 e. The van der Waals surface area contributed by atoms with E-state index in [1.54, 1.807) is 12.1 Å². The number of nitrogens with one attached hydrogen (secondary N) is 1. The molecule has 0 bridgehead atoms. The van der Waals surface area contributed by atoms with Gasteiger partial charge in [0, 0.05) is 0 Å². The Hall–Kier alpha value is -1.55. The van der Waals surface area contributed by atoms with E-state index in [2.05, 4.69) is 5.43 Å². The Morgan fingerprint density at radius 1 is 1.62 bits per heavy atom. The highest BCUT2D eigenvalue weighted by molar-refractivity contribution is 5.71. The maximum Gasteiger partial charge on any atom is 0.307 e. The second-order valence-electron chi connectivity index (χ2n) is 2.86. The van der Waals surface area contributed by atoms with Crippen LogP contribution in [0.25, 0.3) is 0 Å². The van der Waals surface area contributed by atoms with Gasteiger partial charge in [-0.3, -0.25) is 10.6 Å². The largest absolute Gasteiger partial charge is 0.481 e. The Morgan fingerprint density at radius 2 is 2.31 bits per heavy atom. The van der Waals surface area contributed by atoms with E-state index < -0.39 is 5.97 Å². The standard InChI is InChI=1S/C9H12N2O2/c1-6-2-3-7(5-9(12)13)4-8(6)11-10/h2-4,11H,5,10H2,1H3,(H,12,13). The minimum atomic E-state index is -0.841. The summed E-state index contributed by atoms with van der Waals surface area (Å²) in [6.45, 7) is 1.90. The normalized spacial score (nSPS) is 9.69. The maximum absolute atomic E-state index is 10.4. The molecule has 0 unspecified atom stereocenters. The second-order valence-corrected chi connectivity index (χ2v) is 2.86. The summed E-state index contributed by atoms with van der Waals surface area (Å²) >= 11 is 0. The van der Waals surface area contributed by atoms with Crippen LogP contribution in [0, 0.1) is 6.92 Å². The lowest BCUT2D eigenvalue weighted by atomic mass is 10.1. The van der Waals surface area contributed by atoms with Gasteiger partial charge in [0.05, 0.1) is 12.1 Å².